The molecule has 3 aliphatic rings. The Bertz CT molecular complexity index is 1150. The van der Waals surface area contributed by atoms with Gasteiger partial charge in [0.1, 0.15) is 4.21 Å². The molecule has 10 heteroatoms. The Hall–Kier alpha value is -2.33. The van der Waals surface area contributed by atoms with Crippen LogP contribution in [-0.2, 0) is 16.6 Å². The number of piperidine rings is 1. The molecule has 1 saturated heterocycles. The molecule has 0 spiro atoms. The maximum absolute atomic E-state index is 13.0. The Morgan fingerprint density at radius 2 is 1.88 bits per heavy atom. The Labute approximate surface area is 191 Å². The molecule has 4 heterocycles. The van der Waals surface area contributed by atoms with Crippen LogP contribution in [0.4, 0.5) is 10.5 Å². The van der Waals surface area contributed by atoms with Crippen LogP contribution >= 0.6 is 11.3 Å². The fraction of sp³-hybridized carbons (Fsp3) is 0.545. The van der Waals surface area contributed by atoms with Gasteiger partial charge in [0.2, 0.25) is 0 Å². The predicted octanol–water partition coefficient (Wildman–Crippen LogP) is 3.17. The van der Waals surface area contributed by atoms with Crippen molar-refractivity contribution in [1.82, 2.24) is 14.8 Å². The van der Waals surface area contributed by atoms with Crippen LogP contribution in [0.5, 0.6) is 0 Å². The number of likely N-dealkylation sites (tertiary alicyclic amines) is 1. The van der Waals surface area contributed by atoms with Crippen molar-refractivity contribution in [1.29, 1.82) is 0 Å². The molecule has 172 valence electrons. The van der Waals surface area contributed by atoms with Gasteiger partial charge in [-0.2, -0.15) is 0 Å². The Balaban J connectivity index is 1.40. The molecule has 1 aliphatic carbocycles. The second kappa shape index (κ2) is 8.55. The van der Waals surface area contributed by atoms with Crippen molar-refractivity contribution in [3.05, 3.63) is 45.7 Å². The normalized spacial score (nSPS) is 23.4. The SMILES string of the molecule is O=C(NC1CCCCC1)N1C[C@@H]2C[C@H](C1)c1c(NS(=O)(=O)c3cccs3)ccc(=O)n1C2. The maximum Gasteiger partial charge on any atom is 0.317 e. The van der Waals surface area contributed by atoms with Crippen molar-refractivity contribution in [2.45, 2.75) is 61.2 Å². The third kappa shape index (κ3) is 4.17. The number of nitrogens with zero attached hydrogens (tertiary/aromatic N) is 2. The van der Waals surface area contributed by atoms with Crippen LogP contribution in [-0.4, -0.2) is 43.0 Å². The number of anilines is 1. The zero-order valence-electron chi connectivity index (χ0n) is 17.8. The quantitative estimate of drug-likeness (QED) is 0.708. The molecule has 0 radical (unpaired) electrons. The molecule has 0 unspecified atom stereocenters. The number of amides is 2. The number of carbonyl (C=O) groups is 1. The summed E-state index contributed by atoms with van der Waals surface area (Å²) in [5, 5.41) is 4.91. The highest BCUT2D eigenvalue weighted by molar-refractivity contribution is 7.94. The molecule has 2 aromatic heterocycles. The van der Waals surface area contributed by atoms with Crippen LogP contribution in [0.25, 0.3) is 0 Å². The number of carbonyl (C=O) groups excluding carboxylic acids is 1. The number of hydrogen-bond donors (Lipinski definition) is 2. The lowest BCUT2D eigenvalue weighted by atomic mass is 9.82. The van der Waals surface area contributed by atoms with Gasteiger partial charge in [0.25, 0.3) is 15.6 Å². The monoisotopic (exact) mass is 476 g/mol. The summed E-state index contributed by atoms with van der Waals surface area (Å²) in [6.45, 7) is 1.59. The van der Waals surface area contributed by atoms with Gasteiger partial charge in [-0.05, 0) is 42.7 Å². The van der Waals surface area contributed by atoms with E-state index in [4.69, 9.17) is 0 Å². The van der Waals surface area contributed by atoms with Gasteiger partial charge in [0.15, 0.2) is 0 Å². The summed E-state index contributed by atoms with van der Waals surface area (Å²) in [5.41, 5.74) is 0.980. The highest BCUT2D eigenvalue weighted by Gasteiger charge is 2.38. The lowest BCUT2D eigenvalue weighted by molar-refractivity contribution is 0.128. The van der Waals surface area contributed by atoms with Crippen LogP contribution < -0.4 is 15.6 Å². The second-order valence-electron chi connectivity index (χ2n) is 9.11. The predicted molar refractivity (Wildman–Crippen MR) is 124 cm³/mol. The van der Waals surface area contributed by atoms with E-state index in [1.54, 1.807) is 28.1 Å². The summed E-state index contributed by atoms with van der Waals surface area (Å²) in [6.07, 6.45) is 6.43. The summed E-state index contributed by atoms with van der Waals surface area (Å²) in [7, 11) is -3.73. The molecule has 2 atom stereocenters. The molecule has 2 aromatic rings. The van der Waals surface area contributed by atoms with Gasteiger partial charge in [-0.1, -0.05) is 25.3 Å². The van der Waals surface area contributed by atoms with Gasteiger partial charge in [0.05, 0.1) is 11.4 Å². The van der Waals surface area contributed by atoms with E-state index in [9.17, 15) is 18.0 Å². The minimum Gasteiger partial charge on any atom is -0.335 e. The highest BCUT2D eigenvalue weighted by Crippen LogP contribution is 2.39. The van der Waals surface area contributed by atoms with E-state index in [0.29, 0.717) is 31.0 Å². The first kappa shape index (κ1) is 21.5. The molecule has 2 aliphatic heterocycles. The van der Waals surface area contributed by atoms with Gasteiger partial charge in [-0.15, -0.1) is 11.3 Å². The fourth-order valence-corrected chi connectivity index (χ4v) is 7.46. The van der Waals surface area contributed by atoms with Crippen molar-refractivity contribution in [2.75, 3.05) is 17.8 Å². The zero-order chi connectivity index (χ0) is 22.3. The van der Waals surface area contributed by atoms with Crippen LogP contribution in [0.2, 0.25) is 0 Å². The van der Waals surface area contributed by atoms with Crippen LogP contribution in [0, 0.1) is 5.92 Å². The summed E-state index contributed by atoms with van der Waals surface area (Å²) in [6, 6.07) is 6.42. The largest absolute Gasteiger partial charge is 0.335 e. The van der Waals surface area contributed by atoms with Gasteiger partial charge in [-0.3, -0.25) is 9.52 Å². The molecular weight excluding hydrogens is 448 g/mol. The number of rotatable bonds is 4. The molecule has 2 bridgehead atoms. The fourth-order valence-electron chi connectivity index (χ4n) is 5.39. The topological polar surface area (TPSA) is 101 Å². The van der Waals surface area contributed by atoms with E-state index in [-0.39, 0.29) is 33.7 Å². The smallest absolute Gasteiger partial charge is 0.317 e. The number of fused-ring (bicyclic) bond motifs is 4. The van der Waals surface area contributed by atoms with E-state index in [0.717, 1.165) is 43.4 Å². The minimum atomic E-state index is -3.73. The summed E-state index contributed by atoms with van der Waals surface area (Å²) >= 11 is 1.15. The number of aromatic nitrogens is 1. The molecule has 8 nitrogen and oxygen atoms in total. The van der Waals surface area contributed by atoms with Gasteiger partial charge in [0, 0.05) is 37.7 Å². The Morgan fingerprint density at radius 3 is 2.62 bits per heavy atom. The maximum atomic E-state index is 13.0. The first-order valence-corrected chi connectivity index (χ1v) is 13.6. The molecule has 2 N–H and O–H groups in total. The summed E-state index contributed by atoms with van der Waals surface area (Å²) in [4.78, 5) is 27.4. The van der Waals surface area contributed by atoms with E-state index >= 15 is 0 Å². The van der Waals surface area contributed by atoms with Gasteiger partial charge < -0.3 is 14.8 Å². The van der Waals surface area contributed by atoms with Crippen LogP contribution in [0.3, 0.4) is 0 Å². The standard InChI is InChI=1S/C22H28N4O4S2/c27-19-9-8-18(24-32(29,30)20-7-4-10-31-20)21-16-11-15(13-26(19)21)12-25(14-16)22(28)23-17-5-2-1-3-6-17/h4,7-10,15-17,24H,1-3,5-6,11-14H2,(H,23,28)/t15-,16+/m0/s1. The molecule has 1 saturated carbocycles. The third-order valence-electron chi connectivity index (χ3n) is 6.81. The second-order valence-corrected chi connectivity index (χ2v) is 12.0. The highest BCUT2D eigenvalue weighted by atomic mass is 32.2. The lowest BCUT2D eigenvalue weighted by Gasteiger charge is -2.43. The molecule has 2 fully saturated rings. The van der Waals surface area contributed by atoms with E-state index in [1.165, 1.54) is 12.5 Å². The number of nitrogens with one attached hydrogen (secondary N) is 2. The average molecular weight is 477 g/mol. The molecule has 2 amide bonds. The number of sulfonamides is 1. The number of thiophene rings is 1. The zero-order valence-corrected chi connectivity index (χ0v) is 19.5. The van der Waals surface area contributed by atoms with Crippen molar-refractivity contribution in [3.63, 3.8) is 0 Å². The molecule has 0 aromatic carbocycles. The minimum absolute atomic E-state index is 0.0426. The summed E-state index contributed by atoms with van der Waals surface area (Å²) in [5.74, 6) is 0.0924. The molecule has 5 rings (SSSR count). The van der Waals surface area contributed by atoms with Crippen molar-refractivity contribution in [2.24, 2.45) is 5.92 Å². The van der Waals surface area contributed by atoms with Crippen molar-refractivity contribution >= 4 is 33.1 Å². The van der Waals surface area contributed by atoms with Crippen LogP contribution in [0.1, 0.15) is 50.1 Å². The van der Waals surface area contributed by atoms with Gasteiger partial charge in [-0.25, -0.2) is 13.2 Å². The third-order valence-corrected chi connectivity index (χ3v) is 9.58. The first-order valence-electron chi connectivity index (χ1n) is 11.3. The van der Waals surface area contributed by atoms with Crippen molar-refractivity contribution in [3.8, 4) is 0 Å². The lowest BCUT2D eigenvalue weighted by Crippen LogP contribution is -2.53. The Morgan fingerprint density at radius 1 is 1.06 bits per heavy atom. The Kier molecular flexibility index (Phi) is 5.75. The average Bonchev–Trinajstić information content (AvgIpc) is 3.32. The van der Waals surface area contributed by atoms with Crippen LogP contribution in [0.15, 0.2) is 38.6 Å². The number of hydrogen-bond acceptors (Lipinski definition) is 5. The van der Waals surface area contributed by atoms with Crippen molar-refractivity contribution < 1.29 is 13.2 Å². The summed E-state index contributed by atoms with van der Waals surface area (Å²) < 4.78 is 30.3. The number of urea groups is 1. The van der Waals surface area contributed by atoms with Gasteiger partial charge >= 0.3 is 6.03 Å². The molecular formula is C22H28N4O4S2. The molecule has 32 heavy (non-hydrogen) atoms. The van der Waals surface area contributed by atoms with E-state index in [2.05, 4.69) is 10.0 Å². The van der Waals surface area contributed by atoms with E-state index < -0.39 is 10.0 Å². The number of pyridine rings is 1. The first-order chi connectivity index (χ1) is 15.4. The van der Waals surface area contributed by atoms with E-state index in [1.807, 2.05) is 4.90 Å².